The maximum atomic E-state index is 4.27. The predicted octanol–water partition coefficient (Wildman–Crippen LogP) is 1.23. The molecule has 0 unspecified atom stereocenters. The Bertz CT molecular complexity index is 474. The highest BCUT2D eigenvalue weighted by atomic mass is 15.2. The number of hydrogen-bond donors (Lipinski definition) is 1. The quantitative estimate of drug-likeness (QED) is 0.797. The van der Waals surface area contributed by atoms with E-state index in [0.717, 1.165) is 22.6 Å². The predicted molar refractivity (Wildman–Crippen MR) is 58.5 cm³/mol. The molecule has 2 aromatic heterocycles. The molecule has 0 atom stereocenters. The molecule has 5 heteroatoms. The van der Waals surface area contributed by atoms with Crippen LogP contribution >= 0.6 is 0 Å². The lowest BCUT2D eigenvalue weighted by Gasteiger charge is -2.06. The zero-order valence-corrected chi connectivity index (χ0v) is 9.02. The lowest BCUT2D eigenvalue weighted by Crippen LogP contribution is -1.98. The molecule has 0 bridgehead atoms. The number of nitrogens with zero attached hydrogens (tertiary/aromatic N) is 4. The van der Waals surface area contributed by atoms with Gasteiger partial charge >= 0.3 is 0 Å². The molecule has 78 valence electrons. The molecule has 0 aromatic carbocycles. The lowest BCUT2D eigenvalue weighted by atomic mass is 10.1. The van der Waals surface area contributed by atoms with E-state index in [0.29, 0.717) is 0 Å². The molecule has 15 heavy (non-hydrogen) atoms. The first-order valence-electron chi connectivity index (χ1n) is 4.70. The van der Waals surface area contributed by atoms with Crippen molar-refractivity contribution in [1.29, 1.82) is 0 Å². The Balaban J connectivity index is 2.53. The molecule has 0 radical (unpaired) electrons. The number of rotatable bonds is 2. The standard InChI is InChI=1S/C10H13N5/c1-7-9(8-4-14-15(3)5-8)12-6-13-10(7)11-2/h4-6H,1-3H3,(H,11,12,13). The molecular formula is C10H13N5. The summed E-state index contributed by atoms with van der Waals surface area (Å²) in [5.41, 5.74) is 2.96. The second kappa shape index (κ2) is 3.68. The molecule has 0 aliphatic carbocycles. The molecule has 2 aromatic rings. The maximum absolute atomic E-state index is 4.27. The largest absolute Gasteiger partial charge is 0.373 e. The first-order valence-corrected chi connectivity index (χ1v) is 4.70. The van der Waals surface area contributed by atoms with Crippen molar-refractivity contribution in [2.75, 3.05) is 12.4 Å². The normalized spacial score (nSPS) is 10.3. The van der Waals surface area contributed by atoms with Crippen molar-refractivity contribution in [2.24, 2.45) is 7.05 Å². The van der Waals surface area contributed by atoms with Crippen LogP contribution in [0.5, 0.6) is 0 Å². The first kappa shape index (κ1) is 9.64. The summed E-state index contributed by atoms with van der Waals surface area (Å²) in [6, 6.07) is 0. The molecular weight excluding hydrogens is 190 g/mol. The molecule has 0 spiro atoms. The van der Waals surface area contributed by atoms with Gasteiger partial charge in [0.25, 0.3) is 0 Å². The minimum Gasteiger partial charge on any atom is -0.373 e. The van der Waals surface area contributed by atoms with Crippen molar-refractivity contribution < 1.29 is 0 Å². The van der Waals surface area contributed by atoms with Gasteiger partial charge in [0.15, 0.2) is 0 Å². The van der Waals surface area contributed by atoms with E-state index >= 15 is 0 Å². The molecule has 0 fully saturated rings. The van der Waals surface area contributed by atoms with Gasteiger partial charge in [-0.1, -0.05) is 0 Å². The van der Waals surface area contributed by atoms with Crippen LogP contribution in [0.15, 0.2) is 18.7 Å². The molecule has 2 heterocycles. The van der Waals surface area contributed by atoms with Gasteiger partial charge in [-0.2, -0.15) is 5.10 Å². The third-order valence-electron chi connectivity index (χ3n) is 2.30. The summed E-state index contributed by atoms with van der Waals surface area (Å²) in [6.45, 7) is 1.99. The third-order valence-corrected chi connectivity index (χ3v) is 2.30. The zero-order chi connectivity index (χ0) is 10.8. The summed E-state index contributed by atoms with van der Waals surface area (Å²) in [7, 11) is 3.74. The van der Waals surface area contributed by atoms with Gasteiger partial charge in [-0.25, -0.2) is 9.97 Å². The summed E-state index contributed by atoms with van der Waals surface area (Å²) in [5, 5.41) is 7.16. The SMILES string of the molecule is CNc1ncnc(-c2cnn(C)c2)c1C. The average Bonchev–Trinajstić information content (AvgIpc) is 2.65. The van der Waals surface area contributed by atoms with Gasteiger partial charge in [-0.15, -0.1) is 0 Å². The van der Waals surface area contributed by atoms with E-state index in [9.17, 15) is 0 Å². The van der Waals surface area contributed by atoms with E-state index in [1.807, 2.05) is 27.2 Å². The topological polar surface area (TPSA) is 55.6 Å². The monoisotopic (exact) mass is 203 g/mol. The van der Waals surface area contributed by atoms with E-state index < -0.39 is 0 Å². The number of nitrogens with one attached hydrogen (secondary N) is 1. The van der Waals surface area contributed by atoms with Crippen LogP contribution in [-0.2, 0) is 7.05 Å². The van der Waals surface area contributed by atoms with E-state index in [1.165, 1.54) is 0 Å². The van der Waals surface area contributed by atoms with Crippen LogP contribution in [0.1, 0.15) is 5.56 Å². The first-order chi connectivity index (χ1) is 7.22. The third kappa shape index (κ3) is 1.68. The molecule has 0 aliphatic rings. The zero-order valence-electron chi connectivity index (χ0n) is 9.02. The van der Waals surface area contributed by atoms with Gasteiger partial charge < -0.3 is 5.32 Å². The van der Waals surface area contributed by atoms with E-state index in [-0.39, 0.29) is 0 Å². The van der Waals surface area contributed by atoms with Crippen LogP contribution in [0, 0.1) is 6.92 Å². The molecule has 0 amide bonds. The summed E-state index contributed by atoms with van der Waals surface area (Å²) in [6.07, 6.45) is 5.30. The Morgan fingerprint density at radius 2 is 2.13 bits per heavy atom. The van der Waals surface area contributed by atoms with Crippen molar-refractivity contribution in [3.8, 4) is 11.3 Å². The van der Waals surface area contributed by atoms with E-state index in [1.54, 1.807) is 17.2 Å². The molecule has 2 rings (SSSR count). The van der Waals surface area contributed by atoms with Crippen LogP contribution in [0.25, 0.3) is 11.3 Å². The number of aryl methyl sites for hydroxylation is 1. The van der Waals surface area contributed by atoms with E-state index in [4.69, 9.17) is 0 Å². The van der Waals surface area contributed by atoms with Crippen molar-refractivity contribution >= 4 is 5.82 Å². The minimum absolute atomic E-state index is 0.851. The van der Waals surface area contributed by atoms with Crippen molar-refractivity contribution in [1.82, 2.24) is 19.7 Å². The van der Waals surface area contributed by atoms with Crippen LogP contribution in [-0.4, -0.2) is 26.8 Å². The fraction of sp³-hybridized carbons (Fsp3) is 0.300. The molecule has 0 saturated carbocycles. The minimum atomic E-state index is 0.851. The Hall–Kier alpha value is -1.91. The summed E-state index contributed by atoms with van der Waals surface area (Å²) < 4.78 is 1.76. The molecule has 0 saturated heterocycles. The highest BCUT2D eigenvalue weighted by Crippen LogP contribution is 2.23. The number of anilines is 1. The Morgan fingerprint density at radius 1 is 1.33 bits per heavy atom. The number of aromatic nitrogens is 4. The van der Waals surface area contributed by atoms with Crippen LogP contribution in [0.2, 0.25) is 0 Å². The fourth-order valence-electron chi connectivity index (χ4n) is 1.54. The highest BCUT2D eigenvalue weighted by molar-refractivity contribution is 5.66. The van der Waals surface area contributed by atoms with Crippen LogP contribution in [0.4, 0.5) is 5.82 Å². The summed E-state index contributed by atoms with van der Waals surface area (Å²) in [4.78, 5) is 8.41. The second-order valence-corrected chi connectivity index (χ2v) is 3.35. The number of hydrogen-bond acceptors (Lipinski definition) is 4. The van der Waals surface area contributed by atoms with Crippen LogP contribution in [0.3, 0.4) is 0 Å². The van der Waals surface area contributed by atoms with Gasteiger partial charge in [0, 0.05) is 31.4 Å². The summed E-state index contributed by atoms with van der Waals surface area (Å²) >= 11 is 0. The smallest absolute Gasteiger partial charge is 0.132 e. The van der Waals surface area contributed by atoms with Crippen LogP contribution < -0.4 is 5.32 Å². The second-order valence-electron chi connectivity index (χ2n) is 3.35. The fourth-order valence-corrected chi connectivity index (χ4v) is 1.54. The highest BCUT2D eigenvalue weighted by Gasteiger charge is 2.08. The Morgan fingerprint density at radius 3 is 2.73 bits per heavy atom. The Kier molecular flexibility index (Phi) is 2.37. The molecule has 1 N–H and O–H groups in total. The van der Waals surface area contributed by atoms with Gasteiger partial charge in [-0.05, 0) is 6.92 Å². The van der Waals surface area contributed by atoms with Crippen molar-refractivity contribution in [3.05, 3.63) is 24.3 Å². The molecule has 0 aliphatic heterocycles. The molecule has 5 nitrogen and oxygen atoms in total. The summed E-state index contributed by atoms with van der Waals surface area (Å²) in [5.74, 6) is 0.851. The van der Waals surface area contributed by atoms with E-state index in [2.05, 4.69) is 20.4 Å². The van der Waals surface area contributed by atoms with Gasteiger partial charge in [-0.3, -0.25) is 4.68 Å². The van der Waals surface area contributed by atoms with Crippen molar-refractivity contribution in [3.63, 3.8) is 0 Å². The Labute approximate surface area is 88.2 Å². The van der Waals surface area contributed by atoms with Gasteiger partial charge in [0.1, 0.15) is 12.1 Å². The average molecular weight is 203 g/mol. The maximum Gasteiger partial charge on any atom is 0.132 e. The van der Waals surface area contributed by atoms with Gasteiger partial charge in [0.2, 0.25) is 0 Å². The van der Waals surface area contributed by atoms with Gasteiger partial charge in [0.05, 0.1) is 11.9 Å². The van der Waals surface area contributed by atoms with Crippen molar-refractivity contribution in [2.45, 2.75) is 6.92 Å². The lowest BCUT2D eigenvalue weighted by molar-refractivity contribution is 0.768.